The molecule has 0 bridgehead atoms. The van der Waals surface area contributed by atoms with Crippen molar-refractivity contribution in [3.63, 3.8) is 0 Å². The van der Waals surface area contributed by atoms with Crippen molar-refractivity contribution in [3.05, 3.63) is 142 Å². The van der Waals surface area contributed by atoms with Crippen LogP contribution in [0.25, 0.3) is 20.7 Å². The van der Waals surface area contributed by atoms with Crippen LogP contribution < -0.4 is 5.56 Å². The number of hydrogen-bond donors (Lipinski definition) is 1. The normalized spacial score (nSPS) is 14.4. The van der Waals surface area contributed by atoms with E-state index in [2.05, 4.69) is 20.0 Å². The molecule has 7 rings (SSSR count). The molecule has 0 spiro atoms. The highest BCUT2D eigenvalue weighted by atomic mass is 32.1. The van der Waals surface area contributed by atoms with E-state index in [9.17, 15) is 18.0 Å². The van der Waals surface area contributed by atoms with Crippen LogP contribution in [0.15, 0.2) is 108 Å². The number of rotatable bonds is 7. The van der Waals surface area contributed by atoms with Gasteiger partial charge in [0, 0.05) is 16.6 Å². The van der Waals surface area contributed by atoms with Crippen molar-refractivity contribution in [2.45, 2.75) is 31.1 Å². The number of nitrogens with one attached hydrogen (secondary N) is 1. The second-order valence-corrected chi connectivity index (χ2v) is 12.0. The van der Waals surface area contributed by atoms with E-state index in [4.69, 9.17) is 0 Å². The number of nitrogens with zero attached hydrogens (tertiary/aromatic N) is 4. The number of likely N-dealkylation sites (tertiary alicyclic amines) is 1. The molecular formula is C34H28F3N5OS. The van der Waals surface area contributed by atoms with E-state index in [-0.39, 0.29) is 20.7 Å². The topological polar surface area (TPSA) is 66.8 Å². The van der Waals surface area contributed by atoms with E-state index >= 15 is 0 Å². The third-order valence-electron chi connectivity index (χ3n) is 8.17. The number of halogens is 3. The minimum atomic E-state index is -4.76. The highest BCUT2D eigenvalue weighted by molar-refractivity contribution is 7.22. The Morgan fingerprint density at radius 1 is 0.818 bits per heavy atom. The van der Waals surface area contributed by atoms with Crippen LogP contribution >= 0.6 is 11.3 Å². The van der Waals surface area contributed by atoms with E-state index in [0.29, 0.717) is 17.9 Å². The SMILES string of the molecule is O=c1[nH]c(CN2CCCC2)nc2cc(-c3cn(C(c4ccccc4)(c4ccccc4)c4ccccc4)nc3C(F)(F)F)sc12. The van der Waals surface area contributed by atoms with Gasteiger partial charge in [-0.05, 0) is 48.7 Å². The molecule has 0 saturated carbocycles. The summed E-state index contributed by atoms with van der Waals surface area (Å²) in [6, 6.07) is 29.8. The first-order chi connectivity index (χ1) is 21.3. The van der Waals surface area contributed by atoms with Crippen LogP contribution in [0.2, 0.25) is 0 Å². The first-order valence-corrected chi connectivity index (χ1v) is 15.2. The number of hydrogen-bond acceptors (Lipinski definition) is 5. The van der Waals surface area contributed by atoms with Gasteiger partial charge in [-0.1, -0.05) is 91.0 Å². The van der Waals surface area contributed by atoms with E-state index in [1.54, 1.807) is 6.07 Å². The standard InChI is InChI=1S/C34H28F3N5OS/c35-34(36,37)31-26(28-20-27-30(44-28)32(43)39-29(38-27)22-41-18-10-11-19-41)21-42(40-31)33(23-12-4-1-5-13-23,24-14-6-2-7-15-24)25-16-8-3-9-17-25/h1-9,12-17,20-21H,10-11,18-19,22H2,(H,38,39,43). The average molecular weight is 612 g/mol. The Morgan fingerprint density at radius 3 is 1.89 bits per heavy atom. The van der Waals surface area contributed by atoms with Crippen LogP contribution in [0, 0.1) is 0 Å². The first kappa shape index (κ1) is 28.2. The Balaban J connectivity index is 1.46. The molecule has 10 heteroatoms. The molecule has 3 aromatic carbocycles. The van der Waals surface area contributed by atoms with Gasteiger partial charge in [0.2, 0.25) is 0 Å². The first-order valence-electron chi connectivity index (χ1n) is 14.4. The molecule has 6 nitrogen and oxygen atoms in total. The predicted molar refractivity (Wildman–Crippen MR) is 166 cm³/mol. The van der Waals surface area contributed by atoms with Crippen molar-refractivity contribution in [3.8, 4) is 10.4 Å². The van der Waals surface area contributed by atoms with Gasteiger partial charge in [0.1, 0.15) is 16.1 Å². The van der Waals surface area contributed by atoms with Gasteiger partial charge >= 0.3 is 6.18 Å². The fourth-order valence-electron chi connectivity index (χ4n) is 6.22. The summed E-state index contributed by atoms with van der Waals surface area (Å²) < 4.78 is 46.1. The number of benzene rings is 3. The molecule has 0 radical (unpaired) electrons. The molecule has 222 valence electrons. The summed E-state index contributed by atoms with van der Waals surface area (Å²) in [5.74, 6) is 0.511. The molecule has 1 aliphatic heterocycles. The number of fused-ring (bicyclic) bond motifs is 1. The quantitative estimate of drug-likeness (QED) is 0.192. The smallest absolute Gasteiger partial charge is 0.308 e. The molecule has 0 unspecified atom stereocenters. The fraction of sp³-hybridized carbons (Fsp3) is 0.206. The molecule has 44 heavy (non-hydrogen) atoms. The predicted octanol–water partition coefficient (Wildman–Crippen LogP) is 7.30. The third kappa shape index (κ3) is 4.93. The molecule has 0 amide bonds. The number of aromatic nitrogens is 4. The lowest BCUT2D eigenvalue weighted by molar-refractivity contribution is -0.141. The monoisotopic (exact) mass is 611 g/mol. The molecule has 1 saturated heterocycles. The Bertz CT molecular complexity index is 1860. The van der Waals surface area contributed by atoms with Crippen molar-refractivity contribution in [2.24, 2.45) is 0 Å². The summed E-state index contributed by atoms with van der Waals surface area (Å²) >= 11 is 0.997. The molecular weight excluding hydrogens is 583 g/mol. The number of thiophene rings is 1. The van der Waals surface area contributed by atoms with Gasteiger partial charge in [0.05, 0.1) is 12.1 Å². The van der Waals surface area contributed by atoms with Gasteiger partial charge in [-0.25, -0.2) is 4.98 Å². The van der Waals surface area contributed by atoms with Crippen molar-refractivity contribution in [1.82, 2.24) is 24.6 Å². The van der Waals surface area contributed by atoms with E-state index in [0.717, 1.165) is 54.0 Å². The summed E-state index contributed by atoms with van der Waals surface area (Å²) in [4.78, 5) is 23.0. The number of aromatic amines is 1. The minimum absolute atomic E-state index is 0.104. The number of H-pyrrole nitrogens is 1. The molecule has 1 aliphatic rings. The Kier molecular flexibility index (Phi) is 7.18. The zero-order valence-corrected chi connectivity index (χ0v) is 24.4. The minimum Gasteiger partial charge on any atom is -0.308 e. The maximum Gasteiger partial charge on any atom is 0.435 e. The highest BCUT2D eigenvalue weighted by Crippen LogP contribution is 2.45. The zero-order valence-electron chi connectivity index (χ0n) is 23.6. The molecule has 1 fully saturated rings. The molecule has 0 aliphatic carbocycles. The van der Waals surface area contributed by atoms with Gasteiger partial charge in [-0.3, -0.25) is 14.4 Å². The second kappa shape index (κ2) is 11.2. The van der Waals surface area contributed by atoms with E-state index < -0.39 is 17.4 Å². The molecule has 1 N–H and O–H groups in total. The Morgan fingerprint density at radius 2 is 1.36 bits per heavy atom. The molecule has 0 atom stereocenters. The van der Waals surface area contributed by atoms with Gasteiger partial charge in [0.15, 0.2) is 5.69 Å². The fourth-order valence-corrected chi connectivity index (χ4v) is 7.22. The molecule has 6 aromatic rings. The largest absolute Gasteiger partial charge is 0.435 e. The molecule has 4 heterocycles. The van der Waals surface area contributed by atoms with Crippen LogP contribution in [-0.2, 0) is 18.3 Å². The van der Waals surface area contributed by atoms with Crippen molar-refractivity contribution in [1.29, 1.82) is 0 Å². The van der Waals surface area contributed by atoms with Gasteiger partial charge < -0.3 is 4.98 Å². The maximum absolute atomic E-state index is 14.8. The average Bonchev–Trinajstić information content (AvgIpc) is 3.80. The van der Waals surface area contributed by atoms with Crippen molar-refractivity contribution < 1.29 is 13.2 Å². The summed E-state index contributed by atoms with van der Waals surface area (Å²) in [6.07, 6.45) is -1.11. The lowest BCUT2D eigenvalue weighted by Crippen LogP contribution is -2.38. The summed E-state index contributed by atoms with van der Waals surface area (Å²) in [5, 5.41) is 4.32. The van der Waals surface area contributed by atoms with Gasteiger partial charge in [-0.15, -0.1) is 11.3 Å². The van der Waals surface area contributed by atoms with Crippen LogP contribution in [-0.4, -0.2) is 37.7 Å². The number of alkyl halides is 3. The van der Waals surface area contributed by atoms with E-state index in [1.165, 1.54) is 10.9 Å². The zero-order chi connectivity index (χ0) is 30.3. The highest BCUT2D eigenvalue weighted by Gasteiger charge is 2.44. The summed E-state index contributed by atoms with van der Waals surface area (Å²) in [5.41, 5.74) is -0.0725. The molecule has 3 aromatic heterocycles. The van der Waals surface area contributed by atoms with Crippen molar-refractivity contribution in [2.75, 3.05) is 13.1 Å². The summed E-state index contributed by atoms with van der Waals surface area (Å²) in [6.45, 7) is 2.35. The van der Waals surface area contributed by atoms with E-state index in [1.807, 2.05) is 91.0 Å². The van der Waals surface area contributed by atoms with Crippen molar-refractivity contribution >= 4 is 21.6 Å². The van der Waals surface area contributed by atoms with Crippen LogP contribution in [0.1, 0.15) is 41.1 Å². The lowest BCUT2D eigenvalue weighted by Gasteiger charge is -2.36. The Labute approximate surface area is 255 Å². The maximum atomic E-state index is 14.8. The third-order valence-corrected chi connectivity index (χ3v) is 9.33. The summed E-state index contributed by atoms with van der Waals surface area (Å²) in [7, 11) is 0. The Hall–Kier alpha value is -4.54. The van der Waals surface area contributed by atoms with Crippen LogP contribution in [0.3, 0.4) is 0 Å². The lowest BCUT2D eigenvalue weighted by atomic mass is 9.77. The van der Waals surface area contributed by atoms with Crippen LogP contribution in [0.4, 0.5) is 13.2 Å². The van der Waals surface area contributed by atoms with Gasteiger partial charge in [0.25, 0.3) is 5.56 Å². The van der Waals surface area contributed by atoms with Gasteiger partial charge in [-0.2, -0.15) is 18.3 Å². The second-order valence-electron chi connectivity index (χ2n) is 11.0. The van der Waals surface area contributed by atoms with Crippen LogP contribution in [0.5, 0.6) is 0 Å².